The number of carboxylic acid groups (broad SMARTS) is 1. The van der Waals surface area contributed by atoms with Crippen LogP contribution in [0.2, 0.25) is 5.02 Å². The van der Waals surface area contributed by atoms with Gasteiger partial charge < -0.3 is 15.2 Å². The van der Waals surface area contributed by atoms with E-state index in [0.717, 1.165) is 12.1 Å². The van der Waals surface area contributed by atoms with Gasteiger partial charge in [-0.25, -0.2) is 4.79 Å². The van der Waals surface area contributed by atoms with Crippen LogP contribution in [0.4, 0.5) is 18.9 Å². The Labute approximate surface area is 226 Å². The number of ether oxygens (including phenoxy) is 1. The summed E-state index contributed by atoms with van der Waals surface area (Å²) in [6.45, 7) is 3.31. The summed E-state index contributed by atoms with van der Waals surface area (Å²) in [5.41, 5.74) is 2.45. The maximum absolute atomic E-state index is 13.0. The molecule has 1 aromatic heterocycles. The Balaban J connectivity index is 1.60. The van der Waals surface area contributed by atoms with Crippen LogP contribution in [0.3, 0.4) is 0 Å². The molecule has 2 atom stereocenters. The molecular formula is C28H23ClF3N3O4. The third-order valence-electron chi connectivity index (χ3n) is 6.08. The smallest absolute Gasteiger partial charge is 0.416 e. The summed E-state index contributed by atoms with van der Waals surface area (Å²) in [5, 5.41) is 19.5. The maximum atomic E-state index is 13.0. The van der Waals surface area contributed by atoms with Gasteiger partial charge in [-0.2, -0.15) is 18.3 Å². The number of H-pyrrole nitrogens is 1. The standard InChI is InChI=1S/C28H23ClF3N3O4/c1-15-23(17-3-9-20(10-4-17)28(30,31)32)34-35-24(15)25(18-5-11-21(29)12-6-18)39-16(2)26(36)33-22-13-7-19(8-14-22)27(37)38/h3-14,16,25H,1-2H3,(H,33,36)(H,34,35)(H,37,38). The second-order valence-corrected chi connectivity index (χ2v) is 9.20. The highest BCUT2D eigenvalue weighted by molar-refractivity contribution is 6.30. The van der Waals surface area contributed by atoms with E-state index in [1.807, 2.05) is 0 Å². The van der Waals surface area contributed by atoms with Gasteiger partial charge in [-0.1, -0.05) is 35.9 Å². The molecule has 202 valence electrons. The summed E-state index contributed by atoms with van der Waals surface area (Å²) in [6.07, 6.45) is -6.25. The summed E-state index contributed by atoms with van der Waals surface area (Å²) < 4.78 is 45.2. The molecule has 0 saturated carbocycles. The van der Waals surface area contributed by atoms with Gasteiger partial charge in [-0.05, 0) is 73.5 Å². The molecule has 0 aliphatic carbocycles. The number of aromatic carboxylic acids is 1. The predicted octanol–water partition coefficient (Wildman–Crippen LogP) is 6.89. The van der Waals surface area contributed by atoms with Crippen molar-refractivity contribution in [2.24, 2.45) is 0 Å². The van der Waals surface area contributed by atoms with E-state index < -0.39 is 35.8 Å². The van der Waals surface area contributed by atoms with E-state index in [-0.39, 0.29) is 5.56 Å². The highest BCUT2D eigenvalue weighted by Crippen LogP contribution is 2.35. The minimum absolute atomic E-state index is 0.0814. The van der Waals surface area contributed by atoms with Gasteiger partial charge in [0.05, 0.1) is 22.5 Å². The van der Waals surface area contributed by atoms with Crippen LogP contribution >= 0.6 is 11.6 Å². The molecule has 3 aromatic carbocycles. The topological polar surface area (TPSA) is 104 Å². The van der Waals surface area contributed by atoms with Gasteiger partial charge in [-0.3, -0.25) is 9.89 Å². The molecule has 0 aliphatic rings. The maximum Gasteiger partial charge on any atom is 0.416 e. The van der Waals surface area contributed by atoms with Gasteiger partial charge >= 0.3 is 12.1 Å². The van der Waals surface area contributed by atoms with Crippen LogP contribution in [-0.4, -0.2) is 33.3 Å². The molecule has 0 fully saturated rings. The first-order valence-corrected chi connectivity index (χ1v) is 12.1. The summed E-state index contributed by atoms with van der Waals surface area (Å²) in [4.78, 5) is 24.0. The molecule has 11 heteroatoms. The second-order valence-electron chi connectivity index (χ2n) is 8.77. The second kappa shape index (κ2) is 11.3. The number of alkyl halides is 3. The third-order valence-corrected chi connectivity index (χ3v) is 6.33. The zero-order valence-electron chi connectivity index (χ0n) is 20.7. The molecule has 0 aliphatic heterocycles. The fourth-order valence-electron chi connectivity index (χ4n) is 3.92. The zero-order chi connectivity index (χ0) is 28.3. The first kappa shape index (κ1) is 27.9. The average Bonchev–Trinajstić information content (AvgIpc) is 3.28. The lowest BCUT2D eigenvalue weighted by atomic mass is 9.99. The highest BCUT2D eigenvalue weighted by atomic mass is 35.5. The van der Waals surface area contributed by atoms with Crippen molar-refractivity contribution in [1.29, 1.82) is 0 Å². The van der Waals surface area contributed by atoms with Crippen molar-refractivity contribution in [3.8, 4) is 11.3 Å². The third kappa shape index (κ3) is 6.47. The first-order valence-electron chi connectivity index (χ1n) is 11.7. The van der Waals surface area contributed by atoms with Crippen LogP contribution in [0.15, 0.2) is 72.8 Å². The lowest BCUT2D eigenvalue weighted by Crippen LogP contribution is -2.29. The minimum atomic E-state index is -4.45. The molecule has 1 amide bonds. The number of aromatic amines is 1. The molecule has 7 nitrogen and oxygen atoms in total. The molecule has 1 heterocycles. The number of nitrogens with zero attached hydrogens (tertiary/aromatic N) is 1. The fourth-order valence-corrected chi connectivity index (χ4v) is 4.04. The number of hydrogen-bond donors (Lipinski definition) is 3. The van der Waals surface area contributed by atoms with E-state index in [2.05, 4.69) is 15.5 Å². The number of hydrogen-bond acceptors (Lipinski definition) is 4. The molecule has 2 unspecified atom stereocenters. The van der Waals surface area contributed by atoms with E-state index in [0.29, 0.717) is 38.8 Å². The van der Waals surface area contributed by atoms with Crippen molar-refractivity contribution in [2.45, 2.75) is 32.2 Å². The van der Waals surface area contributed by atoms with Crippen molar-refractivity contribution in [3.05, 3.63) is 106 Å². The Morgan fingerprint density at radius 2 is 1.62 bits per heavy atom. The number of carbonyl (C=O) groups is 2. The number of rotatable bonds is 8. The van der Waals surface area contributed by atoms with Gasteiger partial charge in [0.15, 0.2) is 0 Å². The number of benzene rings is 3. The number of halogens is 4. The summed E-state index contributed by atoms with van der Waals surface area (Å²) in [7, 11) is 0. The highest BCUT2D eigenvalue weighted by Gasteiger charge is 2.31. The lowest BCUT2D eigenvalue weighted by molar-refractivity contribution is -0.137. The molecule has 4 rings (SSSR count). The van der Waals surface area contributed by atoms with Crippen molar-refractivity contribution in [3.63, 3.8) is 0 Å². The Bertz CT molecular complexity index is 1470. The summed E-state index contributed by atoms with van der Waals surface area (Å²) >= 11 is 6.06. The van der Waals surface area contributed by atoms with Crippen LogP contribution in [0.1, 0.15) is 45.8 Å². The van der Waals surface area contributed by atoms with E-state index in [9.17, 15) is 22.8 Å². The molecule has 3 N–H and O–H groups in total. The number of amides is 1. The number of aromatic nitrogens is 2. The van der Waals surface area contributed by atoms with Crippen LogP contribution in [-0.2, 0) is 15.7 Å². The van der Waals surface area contributed by atoms with Gasteiger partial charge in [0, 0.05) is 16.3 Å². The Morgan fingerprint density at radius 3 is 2.18 bits per heavy atom. The summed E-state index contributed by atoms with van der Waals surface area (Å²) in [5.74, 6) is -1.56. The Kier molecular flexibility index (Phi) is 8.08. The van der Waals surface area contributed by atoms with E-state index in [1.165, 1.54) is 36.4 Å². The lowest BCUT2D eigenvalue weighted by Gasteiger charge is -2.22. The first-order chi connectivity index (χ1) is 18.4. The van der Waals surface area contributed by atoms with Crippen LogP contribution in [0.5, 0.6) is 0 Å². The predicted molar refractivity (Wildman–Crippen MR) is 140 cm³/mol. The summed E-state index contributed by atoms with van der Waals surface area (Å²) in [6, 6.07) is 17.2. The van der Waals surface area contributed by atoms with Crippen molar-refractivity contribution < 1.29 is 32.6 Å². The molecule has 0 spiro atoms. The average molecular weight is 558 g/mol. The van der Waals surface area contributed by atoms with Crippen LogP contribution in [0, 0.1) is 6.92 Å². The Morgan fingerprint density at radius 1 is 1.00 bits per heavy atom. The van der Waals surface area contributed by atoms with E-state index in [1.54, 1.807) is 38.1 Å². The fraction of sp³-hybridized carbons (Fsp3) is 0.179. The van der Waals surface area contributed by atoms with Gasteiger partial charge in [0.25, 0.3) is 5.91 Å². The molecule has 0 saturated heterocycles. The molecule has 4 aromatic rings. The van der Waals surface area contributed by atoms with Gasteiger partial charge in [0.1, 0.15) is 12.2 Å². The SMILES string of the molecule is Cc1c(C(OC(C)C(=O)Nc2ccc(C(=O)O)cc2)c2ccc(Cl)cc2)n[nH]c1-c1ccc(C(F)(F)F)cc1. The van der Waals surface area contributed by atoms with Crippen LogP contribution in [0.25, 0.3) is 11.3 Å². The quantitative estimate of drug-likeness (QED) is 0.219. The molecular weight excluding hydrogens is 535 g/mol. The molecule has 0 bridgehead atoms. The number of anilines is 1. The Hall–Kier alpha value is -4.15. The van der Waals surface area contributed by atoms with Crippen molar-refractivity contribution in [1.82, 2.24) is 10.2 Å². The molecule has 39 heavy (non-hydrogen) atoms. The van der Waals surface area contributed by atoms with Gasteiger partial charge in [0.2, 0.25) is 0 Å². The largest absolute Gasteiger partial charge is 0.478 e. The number of nitrogens with one attached hydrogen (secondary N) is 2. The molecule has 0 radical (unpaired) electrons. The van der Waals surface area contributed by atoms with Crippen LogP contribution < -0.4 is 5.32 Å². The monoisotopic (exact) mass is 557 g/mol. The zero-order valence-corrected chi connectivity index (χ0v) is 21.5. The number of carbonyl (C=O) groups excluding carboxylic acids is 1. The number of carboxylic acids is 1. The van der Waals surface area contributed by atoms with Crippen molar-refractivity contribution >= 4 is 29.2 Å². The normalized spacial score (nSPS) is 13.1. The van der Waals surface area contributed by atoms with E-state index >= 15 is 0 Å². The van der Waals surface area contributed by atoms with Crippen molar-refractivity contribution in [2.75, 3.05) is 5.32 Å². The van der Waals surface area contributed by atoms with E-state index in [4.69, 9.17) is 21.4 Å². The minimum Gasteiger partial charge on any atom is -0.478 e. The van der Waals surface area contributed by atoms with Gasteiger partial charge in [-0.15, -0.1) is 0 Å².